The van der Waals surface area contributed by atoms with Gasteiger partial charge in [0.1, 0.15) is 11.4 Å². The van der Waals surface area contributed by atoms with Crippen LogP contribution in [0.2, 0.25) is 0 Å². The number of piperidine rings is 1. The van der Waals surface area contributed by atoms with Crippen molar-refractivity contribution >= 4 is 27.5 Å². The van der Waals surface area contributed by atoms with Gasteiger partial charge in [-0.3, -0.25) is 14.3 Å². The van der Waals surface area contributed by atoms with E-state index in [4.69, 9.17) is 0 Å². The van der Waals surface area contributed by atoms with E-state index in [9.17, 15) is 18.0 Å². The van der Waals surface area contributed by atoms with Crippen molar-refractivity contribution in [3.8, 4) is 0 Å². The Morgan fingerprint density at radius 3 is 2.52 bits per heavy atom. The van der Waals surface area contributed by atoms with E-state index >= 15 is 0 Å². The van der Waals surface area contributed by atoms with Gasteiger partial charge in [0.15, 0.2) is 0 Å². The Labute approximate surface area is 194 Å². The van der Waals surface area contributed by atoms with Crippen LogP contribution in [0.4, 0.5) is 5.69 Å². The van der Waals surface area contributed by atoms with E-state index < -0.39 is 10.0 Å². The summed E-state index contributed by atoms with van der Waals surface area (Å²) in [6.07, 6.45) is 1.79. The second-order valence-electron chi connectivity index (χ2n) is 8.65. The predicted octanol–water partition coefficient (Wildman–Crippen LogP) is 1.63. The van der Waals surface area contributed by atoms with Gasteiger partial charge in [-0.2, -0.15) is 9.40 Å². The number of hydrogen-bond donors (Lipinski definition) is 1. The molecule has 10 heteroatoms. The van der Waals surface area contributed by atoms with E-state index in [2.05, 4.69) is 10.4 Å². The molecule has 0 saturated carbocycles. The Hall–Kier alpha value is -2.72. The molecule has 2 amide bonds. The monoisotopic (exact) mass is 473 g/mol. The zero-order chi connectivity index (χ0) is 23.8. The minimum atomic E-state index is -3.77. The normalized spacial score (nSPS) is 17.2. The van der Waals surface area contributed by atoms with Gasteiger partial charge in [0.25, 0.3) is 0 Å². The Bertz CT molecular complexity index is 1170. The molecule has 1 aromatic heterocycles. The Morgan fingerprint density at radius 1 is 1.12 bits per heavy atom. The van der Waals surface area contributed by atoms with Crippen molar-refractivity contribution in [1.29, 1.82) is 0 Å². The molecular formula is C23H31N5O4S. The Morgan fingerprint density at radius 2 is 1.82 bits per heavy atom. The molecule has 2 aliphatic heterocycles. The van der Waals surface area contributed by atoms with Gasteiger partial charge in [-0.15, -0.1) is 0 Å². The van der Waals surface area contributed by atoms with Crippen molar-refractivity contribution < 1.29 is 18.0 Å². The first kappa shape index (κ1) is 23.4. The number of carbonyl (C=O) groups is 2. The lowest BCUT2D eigenvalue weighted by Crippen LogP contribution is -2.43. The smallest absolute Gasteiger partial charge is 0.248 e. The summed E-state index contributed by atoms with van der Waals surface area (Å²) in [4.78, 5) is 27.0. The summed E-state index contributed by atoms with van der Waals surface area (Å²) in [5.41, 5.74) is 2.89. The molecule has 1 saturated heterocycles. The fraction of sp³-hybridized carbons (Fsp3) is 0.522. The maximum atomic E-state index is 13.4. The number of anilines is 1. The van der Waals surface area contributed by atoms with Crippen molar-refractivity contribution in [1.82, 2.24) is 19.4 Å². The number of hydrogen-bond acceptors (Lipinski definition) is 5. The third-order valence-corrected chi connectivity index (χ3v) is 8.71. The molecule has 2 aliphatic rings. The van der Waals surface area contributed by atoms with Crippen LogP contribution in [0.5, 0.6) is 0 Å². The minimum absolute atomic E-state index is 0.0169. The zero-order valence-corrected chi connectivity index (χ0v) is 20.2. The van der Waals surface area contributed by atoms with Gasteiger partial charge in [0.05, 0.1) is 11.4 Å². The van der Waals surface area contributed by atoms with Gasteiger partial charge in [0, 0.05) is 37.8 Å². The third-order valence-electron chi connectivity index (χ3n) is 6.56. The molecule has 33 heavy (non-hydrogen) atoms. The lowest BCUT2D eigenvalue weighted by Gasteiger charge is -2.30. The number of nitrogens with zero attached hydrogens (tertiary/aromatic N) is 4. The topological polar surface area (TPSA) is 105 Å². The molecule has 1 fully saturated rings. The number of nitrogens with one attached hydrogen (secondary N) is 1. The van der Waals surface area contributed by atoms with E-state index in [0.29, 0.717) is 37.3 Å². The van der Waals surface area contributed by atoms with Crippen LogP contribution in [0.25, 0.3) is 0 Å². The van der Waals surface area contributed by atoms with Crippen LogP contribution in [0.15, 0.2) is 29.2 Å². The summed E-state index contributed by atoms with van der Waals surface area (Å²) < 4.78 is 29.8. The van der Waals surface area contributed by atoms with Crippen molar-refractivity contribution in [3.63, 3.8) is 0 Å². The quantitative estimate of drug-likeness (QED) is 0.687. The van der Waals surface area contributed by atoms with Crippen LogP contribution in [0.1, 0.15) is 36.7 Å². The number of para-hydroxylation sites is 1. The van der Waals surface area contributed by atoms with Gasteiger partial charge in [-0.05, 0) is 51.7 Å². The minimum Gasteiger partial charge on any atom is -0.356 e. The number of sulfonamides is 1. The molecule has 0 spiro atoms. The summed E-state index contributed by atoms with van der Waals surface area (Å²) in [5.74, 6) is -0.295. The molecule has 0 bridgehead atoms. The molecule has 178 valence electrons. The van der Waals surface area contributed by atoms with Crippen LogP contribution in [0.3, 0.4) is 0 Å². The summed E-state index contributed by atoms with van der Waals surface area (Å²) in [5, 5.41) is 7.22. The number of amides is 2. The zero-order valence-electron chi connectivity index (χ0n) is 19.4. The SMILES string of the molecule is CCNC(=O)C1CCN(S(=O)(=O)c2c(C)nn(CC(=O)N3CCc4ccccc43)c2C)CC1. The van der Waals surface area contributed by atoms with Crippen LogP contribution < -0.4 is 10.2 Å². The second-order valence-corrected chi connectivity index (χ2v) is 10.5. The van der Waals surface area contributed by atoms with Crippen molar-refractivity contribution in [2.45, 2.75) is 51.5 Å². The first-order chi connectivity index (χ1) is 15.7. The van der Waals surface area contributed by atoms with Crippen LogP contribution in [-0.2, 0) is 32.6 Å². The highest BCUT2D eigenvalue weighted by Gasteiger charge is 2.36. The first-order valence-electron chi connectivity index (χ1n) is 11.4. The molecule has 3 heterocycles. The number of rotatable bonds is 6. The summed E-state index contributed by atoms with van der Waals surface area (Å²) in [6.45, 7) is 6.96. The van der Waals surface area contributed by atoms with Crippen LogP contribution in [0, 0.1) is 19.8 Å². The molecule has 2 aromatic rings. The fourth-order valence-corrected chi connectivity index (χ4v) is 6.67. The third kappa shape index (κ3) is 4.41. The van der Waals surface area contributed by atoms with E-state index in [-0.39, 0.29) is 42.3 Å². The van der Waals surface area contributed by atoms with E-state index in [0.717, 1.165) is 17.7 Å². The first-order valence-corrected chi connectivity index (χ1v) is 12.9. The predicted molar refractivity (Wildman–Crippen MR) is 124 cm³/mol. The van der Waals surface area contributed by atoms with Crippen LogP contribution >= 0.6 is 0 Å². The Balaban J connectivity index is 1.49. The van der Waals surface area contributed by atoms with Crippen molar-refractivity contribution in [2.24, 2.45) is 5.92 Å². The number of benzene rings is 1. The van der Waals surface area contributed by atoms with Crippen molar-refractivity contribution in [3.05, 3.63) is 41.2 Å². The molecule has 4 rings (SSSR count). The second kappa shape index (κ2) is 9.26. The molecule has 0 unspecified atom stereocenters. The van der Waals surface area contributed by atoms with Gasteiger partial charge in [0.2, 0.25) is 21.8 Å². The average molecular weight is 474 g/mol. The highest BCUT2D eigenvalue weighted by molar-refractivity contribution is 7.89. The summed E-state index contributed by atoms with van der Waals surface area (Å²) in [7, 11) is -3.77. The molecule has 9 nitrogen and oxygen atoms in total. The standard InChI is InChI=1S/C23H31N5O4S/c1-4-24-23(30)19-9-12-26(13-10-19)33(31,32)22-16(2)25-28(17(22)3)15-21(29)27-14-11-18-7-5-6-8-20(18)27/h5-8,19H,4,9-15H2,1-3H3,(H,24,30). The average Bonchev–Trinajstić information content (AvgIpc) is 3.34. The lowest BCUT2D eigenvalue weighted by molar-refractivity contribution is -0.126. The summed E-state index contributed by atoms with van der Waals surface area (Å²) >= 11 is 0. The van der Waals surface area contributed by atoms with Crippen molar-refractivity contribution in [2.75, 3.05) is 31.1 Å². The summed E-state index contributed by atoms with van der Waals surface area (Å²) in [6, 6.07) is 7.82. The molecule has 1 N–H and O–H groups in total. The molecule has 0 radical (unpaired) electrons. The number of carbonyl (C=O) groups excluding carboxylic acids is 2. The molecule has 0 atom stereocenters. The fourth-order valence-electron chi connectivity index (χ4n) is 4.82. The number of aryl methyl sites for hydroxylation is 1. The van der Waals surface area contributed by atoms with Gasteiger partial charge in [-0.1, -0.05) is 18.2 Å². The lowest BCUT2D eigenvalue weighted by atomic mass is 9.97. The van der Waals surface area contributed by atoms with E-state index in [1.165, 1.54) is 8.99 Å². The molecule has 0 aliphatic carbocycles. The van der Waals surface area contributed by atoms with E-state index in [1.54, 1.807) is 18.7 Å². The van der Waals surface area contributed by atoms with Crippen LogP contribution in [-0.4, -0.2) is 60.5 Å². The molecular weight excluding hydrogens is 442 g/mol. The Kier molecular flexibility index (Phi) is 6.58. The highest BCUT2D eigenvalue weighted by Crippen LogP contribution is 2.30. The largest absolute Gasteiger partial charge is 0.356 e. The van der Waals surface area contributed by atoms with Gasteiger partial charge in [-0.25, -0.2) is 8.42 Å². The maximum absolute atomic E-state index is 13.4. The number of fused-ring (bicyclic) bond motifs is 1. The van der Waals surface area contributed by atoms with E-state index in [1.807, 2.05) is 31.2 Å². The number of aromatic nitrogens is 2. The van der Waals surface area contributed by atoms with Gasteiger partial charge < -0.3 is 10.2 Å². The maximum Gasteiger partial charge on any atom is 0.248 e. The van der Waals surface area contributed by atoms with Gasteiger partial charge >= 0.3 is 0 Å². The molecule has 1 aromatic carbocycles. The highest BCUT2D eigenvalue weighted by atomic mass is 32.2.